The van der Waals surface area contributed by atoms with Crippen LogP contribution in [-0.2, 0) is 21.2 Å². The highest BCUT2D eigenvalue weighted by molar-refractivity contribution is 7.89. The molecule has 0 spiro atoms. The molecule has 1 aromatic carbocycles. The van der Waals surface area contributed by atoms with Crippen LogP contribution in [0.15, 0.2) is 23.1 Å². The number of nitrogens with one attached hydrogen (secondary N) is 1. The van der Waals surface area contributed by atoms with Crippen molar-refractivity contribution in [1.82, 2.24) is 4.72 Å². The predicted molar refractivity (Wildman–Crippen MR) is 76.9 cm³/mol. The van der Waals surface area contributed by atoms with Crippen LogP contribution in [0, 0.1) is 0 Å². The molecule has 0 aromatic heterocycles. The Labute approximate surface area is 124 Å². The monoisotopic (exact) mass is 313 g/mol. The summed E-state index contributed by atoms with van der Waals surface area (Å²) in [5.74, 6) is -0.556. The molecule has 0 bridgehead atoms. The third kappa shape index (κ3) is 3.74. The highest BCUT2D eigenvalue weighted by Gasteiger charge is 2.26. The van der Waals surface area contributed by atoms with Gasteiger partial charge < -0.3 is 9.84 Å². The van der Waals surface area contributed by atoms with Crippen molar-refractivity contribution in [2.75, 3.05) is 6.54 Å². The third-order valence-corrected chi connectivity index (χ3v) is 4.84. The minimum absolute atomic E-state index is 0.190. The van der Waals surface area contributed by atoms with Gasteiger partial charge in [-0.2, -0.15) is 0 Å². The number of benzene rings is 1. The van der Waals surface area contributed by atoms with Crippen molar-refractivity contribution in [2.24, 2.45) is 0 Å². The molecule has 0 amide bonds. The normalized spacial score (nSPS) is 17.9. The van der Waals surface area contributed by atoms with Gasteiger partial charge in [-0.1, -0.05) is 13.3 Å². The van der Waals surface area contributed by atoms with Gasteiger partial charge in [0.2, 0.25) is 10.0 Å². The zero-order valence-corrected chi connectivity index (χ0v) is 12.6. The molecule has 21 heavy (non-hydrogen) atoms. The first-order valence-corrected chi connectivity index (χ1v) is 8.44. The summed E-state index contributed by atoms with van der Waals surface area (Å²) >= 11 is 0. The van der Waals surface area contributed by atoms with Gasteiger partial charge in [0.1, 0.15) is 5.75 Å². The number of sulfonamides is 1. The minimum atomic E-state index is -3.52. The number of aliphatic carboxylic acids is 1. The van der Waals surface area contributed by atoms with Crippen molar-refractivity contribution < 1.29 is 23.1 Å². The lowest BCUT2D eigenvalue weighted by atomic mass is 10.0. The largest absolute Gasteiger partial charge is 0.479 e. The van der Waals surface area contributed by atoms with E-state index in [2.05, 4.69) is 4.72 Å². The Kier molecular flexibility index (Phi) is 4.84. The SMILES string of the molecule is CCCCNS(=O)(=O)c1ccc2c(c1)CCC(C(=O)O)O2. The van der Waals surface area contributed by atoms with Crippen LogP contribution in [-0.4, -0.2) is 32.1 Å². The van der Waals surface area contributed by atoms with Gasteiger partial charge in [-0.05, 0) is 43.0 Å². The zero-order valence-electron chi connectivity index (χ0n) is 11.8. The highest BCUT2D eigenvalue weighted by Crippen LogP contribution is 2.29. The molecule has 0 aliphatic carbocycles. The number of hydrogen-bond acceptors (Lipinski definition) is 4. The van der Waals surface area contributed by atoms with Crippen molar-refractivity contribution in [1.29, 1.82) is 0 Å². The molecular weight excluding hydrogens is 294 g/mol. The van der Waals surface area contributed by atoms with Gasteiger partial charge in [0.05, 0.1) is 4.90 Å². The lowest BCUT2D eigenvalue weighted by Gasteiger charge is -2.23. The van der Waals surface area contributed by atoms with E-state index < -0.39 is 22.1 Å². The van der Waals surface area contributed by atoms with Gasteiger partial charge in [-0.25, -0.2) is 17.9 Å². The van der Waals surface area contributed by atoms with E-state index in [-0.39, 0.29) is 4.90 Å². The summed E-state index contributed by atoms with van der Waals surface area (Å²) in [4.78, 5) is 11.1. The molecule has 0 saturated heterocycles. The molecule has 1 atom stereocenters. The fraction of sp³-hybridized carbons (Fsp3) is 0.500. The Balaban J connectivity index is 2.17. The molecule has 1 aliphatic rings. The quantitative estimate of drug-likeness (QED) is 0.777. The first kappa shape index (κ1) is 15.8. The lowest BCUT2D eigenvalue weighted by Crippen LogP contribution is -2.31. The number of carbonyl (C=O) groups is 1. The maximum absolute atomic E-state index is 12.1. The van der Waals surface area contributed by atoms with Gasteiger partial charge >= 0.3 is 5.97 Å². The number of rotatable bonds is 6. The molecule has 0 radical (unpaired) electrons. The molecular formula is C14H19NO5S. The van der Waals surface area contributed by atoms with Gasteiger partial charge in [0, 0.05) is 6.54 Å². The molecule has 6 nitrogen and oxygen atoms in total. The van der Waals surface area contributed by atoms with E-state index in [1.54, 1.807) is 6.07 Å². The fourth-order valence-electron chi connectivity index (χ4n) is 2.17. The average molecular weight is 313 g/mol. The Hall–Kier alpha value is -1.60. The fourth-order valence-corrected chi connectivity index (χ4v) is 3.30. The summed E-state index contributed by atoms with van der Waals surface area (Å²) in [6, 6.07) is 4.53. The number of unbranched alkanes of at least 4 members (excludes halogenated alkanes) is 1. The van der Waals surface area contributed by atoms with Crippen molar-refractivity contribution in [2.45, 2.75) is 43.6 Å². The molecule has 7 heteroatoms. The predicted octanol–water partition coefficient (Wildman–Crippen LogP) is 1.54. The van der Waals surface area contributed by atoms with E-state index in [1.165, 1.54) is 12.1 Å². The standard InChI is InChI=1S/C14H19NO5S/c1-2-3-8-15-21(18,19)11-5-7-12-10(9-11)4-6-13(20-12)14(16)17/h5,7,9,13,15H,2-4,6,8H2,1H3,(H,16,17). The number of aryl methyl sites for hydroxylation is 1. The maximum Gasteiger partial charge on any atom is 0.344 e. The molecule has 2 rings (SSSR count). The smallest absolute Gasteiger partial charge is 0.344 e. The van der Waals surface area contributed by atoms with Crippen LogP contribution in [0.25, 0.3) is 0 Å². The number of hydrogen-bond donors (Lipinski definition) is 2. The summed E-state index contributed by atoms with van der Waals surface area (Å²) in [7, 11) is -3.52. The Morgan fingerprint density at radius 3 is 2.90 bits per heavy atom. The molecule has 1 unspecified atom stereocenters. The van der Waals surface area contributed by atoms with Gasteiger partial charge in [0.15, 0.2) is 6.10 Å². The van der Waals surface area contributed by atoms with Crippen LogP contribution in [0.4, 0.5) is 0 Å². The van der Waals surface area contributed by atoms with Gasteiger partial charge in [0.25, 0.3) is 0 Å². The van der Waals surface area contributed by atoms with Crippen LogP contribution in [0.5, 0.6) is 5.75 Å². The summed E-state index contributed by atoms with van der Waals surface area (Å²) in [5, 5.41) is 8.94. The average Bonchev–Trinajstić information content (AvgIpc) is 2.46. The van der Waals surface area contributed by atoms with Crippen LogP contribution in [0.1, 0.15) is 31.7 Å². The number of fused-ring (bicyclic) bond motifs is 1. The van der Waals surface area contributed by atoms with Crippen molar-refractivity contribution >= 4 is 16.0 Å². The van der Waals surface area contributed by atoms with Crippen LogP contribution in [0.3, 0.4) is 0 Å². The molecule has 1 aliphatic heterocycles. The van der Waals surface area contributed by atoms with E-state index in [0.29, 0.717) is 25.1 Å². The molecule has 1 heterocycles. The second kappa shape index (κ2) is 6.44. The molecule has 1 aromatic rings. The number of ether oxygens (including phenoxy) is 1. The number of carboxylic acids is 1. The van der Waals surface area contributed by atoms with E-state index in [9.17, 15) is 13.2 Å². The Morgan fingerprint density at radius 1 is 1.48 bits per heavy atom. The van der Waals surface area contributed by atoms with Crippen LogP contribution in [0.2, 0.25) is 0 Å². The molecule has 0 saturated carbocycles. The van der Waals surface area contributed by atoms with Crippen molar-refractivity contribution in [3.8, 4) is 5.75 Å². The first-order chi connectivity index (χ1) is 9.94. The third-order valence-electron chi connectivity index (χ3n) is 3.39. The van der Waals surface area contributed by atoms with Crippen LogP contribution < -0.4 is 9.46 Å². The Morgan fingerprint density at radius 2 is 2.24 bits per heavy atom. The van der Waals surface area contributed by atoms with Gasteiger partial charge in [-0.15, -0.1) is 0 Å². The van der Waals surface area contributed by atoms with Gasteiger partial charge in [-0.3, -0.25) is 0 Å². The maximum atomic E-state index is 12.1. The van der Waals surface area contributed by atoms with E-state index >= 15 is 0 Å². The molecule has 116 valence electrons. The second-order valence-corrected chi connectivity index (χ2v) is 6.77. The first-order valence-electron chi connectivity index (χ1n) is 6.96. The topological polar surface area (TPSA) is 92.7 Å². The second-order valence-electron chi connectivity index (χ2n) is 5.00. The van der Waals surface area contributed by atoms with Crippen molar-refractivity contribution in [3.05, 3.63) is 23.8 Å². The minimum Gasteiger partial charge on any atom is -0.479 e. The Bertz CT molecular complexity index is 626. The molecule has 2 N–H and O–H groups in total. The zero-order chi connectivity index (χ0) is 15.5. The van der Waals surface area contributed by atoms with Crippen LogP contribution >= 0.6 is 0 Å². The highest BCUT2D eigenvalue weighted by atomic mass is 32.2. The number of carboxylic acid groups (broad SMARTS) is 1. The van der Waals surface area contributed by atoms with E-state index in [0.717, 1.165) is 18.4 Å². The summed E-state index contributed by atoms with van der Waals surface area (Å²) in [5.41, 5.74) is 0.728. The summed E-state index contributed by atoms with van der Waals surface area (Å²) in [6.45, 7) is 2.40. The van der Waals surface area contributed by atoms with E-state index in [1.807, 2.05) is 6.92 Å². The molecule has 0 fully saturated rings. The summed E-state index contributed by atoms with van der Waals surface area (Å²) < 4.78 is 32.1. The van der Waals surface area contributed by atoms with Crippen molar-refractivity contribution in [3.63, 3.8) is 0 Å². The van der Waals surface area contributed by atoms with E-state index in [4.69, 9.17) is 9.84 Å². The summed E-state index contributed by atoms with van der Waals surface area (Å²) in [6.07, 6.45) is 1.67. The lowest BCUT2D eigenvalue weighted by molar-refractivity contribution is -0.145.